The first-order valence-electron chi connectivity index (χ1n) is 4.63. The summed E-state index contributed by atoms with van der Waals surface area (Å²) in [6.45, 7) is 0. The summed E-state index contributed by atoms with van der Waals surface area (Å²) in [5, 5.41) is 1.98. The molecule has 1 atom stereocenters. The first-order chi connectivity index (χ1) is 7.20. The van der Waals surface area contributed by atoms with Gasteiger partial charge in [-0.1, -0.05) is 30.3 Å². The number of benzene rings is 1. The van der Waals surface area contributed by atoms with Crippen LogP contribution in [0.2, 0.25) is 0 Å². The summed E-state index contributed by atoms with van der Waals surface area (Å²) in [7, 11) is 1.88. The molecule has 0 saturated heterocycles. The largest absolute Gasteiger partial charge is 0.364 e. The Bertz CT molecular complexity index is 402. The molecule has 1 heterocycles. The van der Waals surface area contributed by atoms with Gasteiger partial charge in [0, 0.05) is 12.5 Å². The molecular formula is C11H12N2OS. The number of carbonyl (C=O) groups excluding carboxylic acids is 1. The third-order valence-electron chi connectivity index (χ3n) is 2.38. The quantitative estimate of drug-likeness (QED) is 0.825. The van der Waals surface area contributed by atoms with Crippen LogP contribution in [0.4, 0.5) is 0 Å². The average Bonchev–Trinajstić information content (AvgIpc) is 2.61. The molecule has 1 unspecified atom stereocenters. The number of nitrogens with zero attached hydrogens (tertiary/aromatic N) is 1. The third kappa shape index (κ3) is 1.85. The second kappa shape index (κ2) is 3.98. The first-order valence-corrected chi connectivity index (χ1v) is 5.57. The Morgan fingerprint density at radius 3 is 2.60 bits per heavy atom. The number of amides is 1. The van der Waals surface area contributed by atoms with Crippen molar-refractivity contribution in [3.63, 3.8) is 0 Å². The van der Waals surface area contributed by atoms with Crippen LogP contribution in [0, 0.1) is 0 Å². The Morgan fingerprint density at radius 2 is 2.07 bits per heavy atom. The predicted molar refractivity (Wildman–Crippen MR) is 61.8 cm³/mol. The molecule has 0 spiro atoms. The van der Waals surface area contributed by atoms with Gasteiger partial charge in [-0.15, -0.1) is 11.8 Å². The number of hydrogen-bond donors (Lipinski definition) is 1. The third-order valence-corrected chi connectivity index (χ3v) is 3.58. The van der Waals surface area contributed by atoms with E-state index in [0.717, 1.165) is 0 Å². The average molecular weight is 220 g/mol. The highest BCUT2D eigenvalue weighted by Crippen LogP contribution is 2.40. The molecule has 0 radical (unpaired) electrons. The van der Waals surface area contributed by atoms with Gasteiger partial charge in [0.2, 0.25) is 0 Å². The van der Waals surface area contributed by atoms with E-state index in [1.165, 1.54) is 5.56 Å². The lowest BCUT2D eigenvalue weighted by Gasteiger charge is -2.23. The van der Waals surface area contributed by atoms with Crippen molar-refractivity contribution in [1.29, 1.82) is 0 Å². The number of primary amides is 1. The van der Waals surface area contributed by atoms with Crippen molar-refractivity contribution >= 4 is 17.7 Å². The molecule has 0 aromatic heterocycles. The molecule has 1 aromatic carbocycles. The van der Waals surface area contributed by atoms with E-state index in [0.29, 0.717) is 5.70 Å². The fourth-order valence-electron chi connectivity index (χ4n) is 1.58. The Kier molecular flexibility index (Phi) is 2.68. The van der Waals surface area contributed by atoms with E-state index in [4.69, 9.17) is 5.73 Å². The summed E-state index contributed by atoms with van der Waals surface area (Å²) in [6, 6.07) is 10.1. The van der Waals surface area contributed by atoms with Crippen molar-refractivity contribution in [3.05, 3.63) is 47.0 Å². The maximum Gasteiger partial charge on any atom is 0.265 e. The van der Waals surface area contributed by atoms with Gasteiger partial charge >= 0.3 is 0 Å². The van der Waals surface area contributed by atoms with E-state index >= 15 is 0 Å². The van der Waals surface area contributed by atoms with Crippen molar-refractivity contribution in [2.24, 2.45) is 5.73 Å². The molecule has 0 fully saturated rings. The highest BCUT2D eigenvalue weighted by Gasteiger charge is 2.27. The molecule has 0 aliphatic carbocycles. The van der Waals surface area contributed by atoms with Crippen LogP contribution < -0.4 is 5.73 Å². The Hall–Kier alpha value is -1.42. The summed E-state index contributed by atoms with van der Waals surface area (Å²) < 4.78 is 0. The summed E-state index contributed by atoms with van der Waals surface area (Å²) in [5.74, 6) is -0.372. The van der Waals surface area contributed by atoms with Gasteiger partial charge in [0.15, 0.2) is 0 Å². The van der Waals surface area contributed by atoms with E-state index in [1.54, 1.807) is 11.8 Å². The van der Waals surface area contributed by atoms with Crippen LogP contribution >= 0.6 is 11.8 Å². The van der Waals surface area contributed by atoms with Crippen LogP contribution in [0.15, 0.2) is 41.4 Å². The number of carbonyl (C=O) groups is 1. The van der Waals surface area contributed by atoms with Gasteiger partial charge in [0.1, 0.15) is 11.1 Å². The summed E-state index contributed by atoms with van der Waals surface area (Å²) in [4.78, 5) is 13.0. The van der Waals surface area contributed by atoms with Crippen molar-refractivity contribution in [3.8, 4) is 0 Å². The molecular weight excluding hydrogens is 208 g/mol. The Balaban J connectivity index is 2.21. The van der Waals surface area contributed by atoms with Crippen molar-refractivity contribution < 1.29 is 4.79 Å². The maximum absolute atomic E-state index is 11.1. The normalized spacial score (nSPS) is 20.2. The van der Waals surface area contributed by atoms with Gasteiger partial charge in [0.25, 0.3) is 5.91 Å². The van der Waals surface area contributed by atoms with Crippen molar-refractivity contribution in [1.82, 2.24) is 4.90 Å². The van der Waals surface area contributed by atoms with Gasteiger partial charge in [-0.25, -0.2) is 0 Å². The van der Waals surface area contributed by atoms with Gasteiger partial charge in [0.05, 0.1) is 0 Å². The maximum atomic E-state index is 11.1. The lowest BCUT2D eigenvalue weighted by atomic mass is 10.2. The van der Waals surface area contributed by atoms with Crippen LogP contribution in [0.1, 0.15) is 10.9 Å². The lowest BCUT2D eigenvalue weighted by molar-refractivity contribution is -0.115. The van der Waals surface area contributed by atoms with Gasteiger partial charge in [-0.3, -0.25) is 4.79 Å². The molecule has 0 saturated carbocycles. The predicted octanol–water partition coefficient (Wildman–Crippen LogP) is 1.69. The van der Waals surface area contributed by atoms with Crippen LogP contribution in [0.5, 0.6) is 0 Å². The minimum Gasteiger partial charge on any atom is -0.364 e. The SMILES string of the molecule is CN1C(C(N)=O)=CSC1c1ccccc1. The van der Waals surface area contributed by atoms with Gasteiger partial charge < -0.3 is 10.6 Å². The minimum absolute atomic E-state index is 0.161. The second-order valence-electron chi connectivity index (χ2n) is 3.38. The van der Waals surface area contributed by atoms with Gasteiger partial charge in [-0.2, -0.15) is 0 Å². The summed E-state index contributed by atoms with van der Waals surface area (Å²) in [6.07, 6.45) is 0. The number of nitrogens with two attached hydrogens (primary N) is 1. The van der Waals surface area contributed by atoms with E-state index in [1.807, 2.05) is 47.7 Å². The van der Waals surface area contributed by atoms with E-state index < -0.39 is 0 Å². The van der Waals surface area contributed by atoms with Crippen molar-refractivity contribution in [2.45, 2.75) is 5.37 Å². The molecule has 1 amide bonds. The second-order valence-corrected chi connectivity index (χ2v) is 4.33. The molecule has 0 bridgehead atoms. The van der Waals surface area contributed by atoms with Crippen LogP contribution in [0.25, 0.3) is 0 Å². The fraction of sp³-hybridized carbons (Fsp3) is 0.182. The van der Waals surface area contributed by atoms with E-state index in [2.05, 4.69) is 0 Å². The topological polar surface area (TPSA) is 46.3 Å². The zero-order valence-corrected chi connectivity index (χ0v) is 9.20. The number of likely N-dealkylation sites (N-methyl/N-ethyl adjacent to an activating group) is 1. The molecule has 4 heteroatoms. The zero-order chi connectivity index (χ0) is 10.8. The van der Waals surface area contributed by atoms with Crippen molar-refractivity contribution in [2.75, 3.05) is 7.05 Å². The smallest absolute Gasteiger partial charge is 0.265 e. The molecule has 1 aliphatic rings. The van der Waals surface area contributed by atoms with Crippen LogP contribution in [0.3, 0.4) is 0 Å². The van der Waals surface area contributed by atoms with Crippen LogP contribution in [-0.4, -0.2) is 17.9 Å². The molecule has 1 aliphatic heterocycles. The highest BCUT2D eigenvalue weighted by molar-refractivity contribution is 8.02. The Morgan fingerprint density at radius 1 is 1.40 bits per heavy atom. The van der Waals surface area contributed by atoms with E-state index in [-0.39, 0.29) is 11.3 Å². The standard InChI is InChI=1S/C11H12N2OS/c1-13-9(10(12)14)7-15-11(13)8-5-3-2-4-6-8/h2-7,11H,1H3,(H2,12,14). The molecule has 78 valence electrons. The molecule has 2 N–H and O–H groups in total. The lowest BCUT2D eigenvalue weighted by Crippen LogP contribution is -2.26. The summed E-state index contributed by atoms with van der Waals surface area (Å²) in [5.41, 5.74) is 7.02. The molecule has 15 heavy (non-hydrogen) atoms. The molecule has 1 aromatic rings. The zero-order valence-electron chi connectivity index (χ0n) is 8.38. The highest BCUT2D eigenvalue weighted by atomic mass is 32.2. The van der Waals surface area contributed by atoms with Gasteiger partial charge in [-0.05, 0) is 5.56 Å². The monoisotopic (exact) mass is 220 g/mol. The summed E-state index contributed by atoms with van der Waals surface area (Å²) >= 11 is 1.60. The van der Waals surface area contributed by atoms with Crippen LogP contribution in [-0.2, 0) is 4.79 Å². The number of hydrogen-bond acceptors (Lipinski definition) is 3. The minimum atomic E-state index is -0.372. The molecule has 3 nitrogen and oxygen atoms in total. The fourth-order valence-corrected chi connectivity index (χ4v) is 2.73. The van der Waals surface area contributed by atoms with E-state index in [9.17, 15) is 4.79 Å². The number of rotatable bonds is 2. The molecule has 2 rings (SSSR count). The first kappa shape index (κ1) is 10.1. The Labute approximate surface area is 92.9 Å². The number of thioether (sulfide) groups is 1.